The smallest absolute Gasteiger partial charge is 0.132 e. The Labute approximate surface area is 79.0 Å². The highest BCUT2D eigenvalue weighted by Crippen LogP contribution is 2.08. The quantitative estimate of drug-likeness (QED) is 0.706. The van der Waals surface area contributed by atoms with Gasteiger partial charge in [-0.15, -0.1) is 0 Å². The summed E-state index contributed by atoms with van der Waals surface area (Å²) in [5.74, 6) is 0.434. The van der Waals surface area contributed by atoms with Gasteiger partial charge < -0.3 is 0 Å². The lowest BCUT2D eigenvalue weighted by Crippen LogP contribution is -2.07. The summed E-state index contributed by atoms with van der Waals surface area (Å²) in [6, 6.07) is 3.97. The summed E-state index contributed by atoms with van der Waals surface area (Å²) >= 11 is 0. The molecule has 0 spiro atoms. The largest absolute Gasteiger partial charge is 0.300 e. The Kier molecular flexibility index (Phi) is 3.62. The number of aromatic nitrogens is 1. The molecule has 1 aromatic rings. The van der Waals surface area contributed by atoms with Crippen LogP contribution in [0.2, 0.25) is 0 Å². The molecule has 13 heavy (non-hydrogen) atoms. The third-order valence-corrected chi connectivity index (χ3v) is 2.28. The summed E-state index contributed by atoms with van der Waals surface area (Å²) in [6.45, 7) is 3.62. The van der Waals surface area contributed by atoms with Crippen molar-refractivity contribution in [2.24, 2.45) is 5.92 Å². The van der Waals surface area contributed by atoms with Crippen LogP contribution in [0.3, 0.4) is 0 Å². The van der Waals surface area contributed by atoms with Gasteiger partial charge in [0, 0.05) is 18.3 Å². The first-order valence-corrected chi connectivity index (χ1v) is 4.59. The first-order chi connectivity index (χ1) is 6.20. The molecule has 1 heterocycles. The topological polar surface area (TPSA) is 30.0 Å². The molecule has 2 heteroatoms. The molecule has 2 nitrogen and oxygen atoms in total. The van der Waals surface area contributed by atoms with Gasteiger partial charge in [0.15, 0.2) is 0 Å². The number of aryl methyl sites for hydroxylation is 1. The standard InChI is InChI=1S/C11H15NO/c1-9(10(2)13)5-6-11-4-3-7-12-8-11/h3-4,7-9H,5-6H2,1-2H3. The normalized spacial score (nSPS) is 12.5. The predicted molar refractivity (Wildman–Crippen MR) is 52.4 cm³/mol. The number of carbonyl (C=O) groups is 1. The second-order valence-electron chi connectivity index (χ2n) is 3.41. The van der Waals surface area contributed by atoms with Crippen LogP contribution in [-0.2, 0) is 11.2 Å². The van der Waals surface area contributed by atoms with E-state index in [1.807, 2.05) is 25.3 Å². The van der Waals surface area contributed by atoms with Gasteiger partial charge in [0.1, 0.15) is 5.78 Å². The second-order valence-corrected chi connectivity index (χ2v) is 3.41. The zero-order valence-electron chi connectivity index (χ0n) is 8.16. The molecule has 70 valence electrons. The van der Waals surface area contributed by atoms with Gasteiger partial charge in [-0.05, 0) is 31.4 Å². The summed E-state index contributed by atoms with van der Waals surface area (Å²) in [5, 5.41) is 0. The molecular formula is C11H15NO. The molecule has 0 aromatic carbocycles. The van der Waals surface area contributed by atoms with Gasteiger partial charge in [-0.1, -0.05) is 13.0 Å². The van der Waals surface area contributed by atoms with Crippen LogP contribution >= 0.6 is 0 Å². The lowest BCUT2D eigenvalue weighted by Gasteiger charge is -2.06. The molecule has 0 aliphatic heterocycles. The molecule has 0 N–H and O–H groups in total. The highest BCUT2D eigenvalue weighted by molar-refractivity contribution is 5.77. The maximum atomic E-state index is 10.9. The van der Waals surface area contributed by atoms with Crippen molar-refractivity contribution in [1.29, 1.82) is 0 Å². The molecule has 0 radical (unpaired) electrons. The number of rotatable bonds is 4. The Balaban J connectivity index is 2.39. The van der Waals surface area contributed by atoms with E-state index < -0.39 is 0 Å². The van der Waals surface area contributed by atoms with Crippen LogP contribution in [0.15, 0.2) is 24.5 Å². The first-order valence-electron chi connectivity index (χ1n) is 4.59. The van der Waals surface area contributed by atoms with E-state index in [1.165, 1.54) is 5.56 Å². The van der Waals surface area contributed by atoms with Crippen molar-refractivity contribution in [3.8, 4) is 0 Å². The highest BCUT2D eigenvalue weighted by Gasteiger charge is 2.06. The Morgan fingerprint density at radius 3 is 2.92 bits per heavy atom. The van der Waals surface area contributed by atoms with E-state index in [0.29, 0.717) is 0 Å². The summed E-state index contributed by atoms with van der Waals surface area (Å²) < 4.78 is 0. The minimum atomic E-state index is 0.167. The van der Waals surface area contributed by atoms with Crippen LogP contribution in [-0.4, -0.2) is 10.8 Å². The fourth-order valence-corrected chi connectivity index (χ4v) is 1.13. The van der Waals surface area contributed by atoms with Crippen molar-refractivity contribution < 1.29 is 4.79 Å². The molecule has 0 saturated heterocycles. The molecule has 0 fully saturated rings. The maximum Gasteiger partial charge on any atom is 0.132 e. The Morgan fingerprint density at radius 1 is 1.62 bits per heavy atom. The third kappa shape index (κ3) is 3.36. The molecular weight excluding hydrogens is 162 g/mol. The van der Waals surface area contributed by atoms with Gasteiger partial charge in [0.05, 0.1) is 0 Å². The van der Waals surface area contributed by atoms with Gasteiger partial charge in [-0.2, -0.15) is 0 Å². The molecule has 1 aromatic heterocycles. The number of Topliss-reactive ketones (excluding diaryl/α,β-unsaturated/α-hetero) is 1. The van der Waals surface area contributed by atoms with Crippen LogP contribution in [0.25, 0.3) is 0 Å². The van der Waals surface area contributed by atoms with E-state index in [0.717, 1.165) is 12.8 Å². The van der Waals surface area contributed by atoms with Gasteiger partial charge in [0.2, 0.25) is 0 Å². The van der Waals surface area contributed by atoms with Crippen LogP contribution in [0.4, 0.5) is 0 Å². The van der Waals surface area contributed by atoms with Crippen molar-refractivity contribution in [1.82, 2.24) is 4.98 Å². The summed E-state index contributed by atoms with van der Waals surface area (Å²) in [4.78, 5) is 15.0. The minimum absolute atomic E-state index is 0.167. The van der Waals surface area contributed by atoms with Crippen LogP contribution < -0.4 is 0 Å². The van der Waals surface area contributed by atoms with E-state index in [-0.39, 0.29) is 11.7 Å². The van der Waals surface area contributed by atoms with Crippen molar-refractivity contribution in [2.75, 3.05) is 0 Å². The monoisotopic (exact) mass is 177 g/mol. The fourth-order valence-electron chi connectivity index (χ4n) is 1.13. The van der Waals surface area contributed by atoms with E-state index in [1.54, 1.807) is 13.1 Å². The summed E-state index contributed by atoms with van der Waals surface area (Å²) in [7, 11) is 0. The number of hydrogen-bond donors (Lipinski definition) is 0. The van der Waals surface area contributed by atoms with E-state index in [2.05, 4.69) is 4.98 Å². The SMILES string of the molecule is CC(=O)C(C)CCc1cccnc1. The zero-order valence-corrected chi connectivity index (χ0v) is 8.16. The number of pyridine rings is 1. The van der Waals surface area contributed by atoms with E-state index in [4.69, 9.17) is 0 Å². The minimum Gasteiger partial charge on any atom is -0.300 e. The van der Waals surface area contributed by atoms with Gasteiger partial charge in [-0.25, -0.2) is 0 Å². The summed E-state index contributed by atoms with van der Waals surface area (Å²) in [6.07, 6.45) is 5.47. The molecule has 1 atom stereocenters. The Bertz CT molecular complexity index is 269. The van der Waals surface area contributed by atoms with Crippen molar-refractivity contribution in [3.63, 3.8) is 0 Å². The fraction of sp³-hybridized carbons (Fsp3) is 0.455. The highest BCUT2D eigenvalue weighted by atomic mass is 16.1. The van der Waals surface area contributed by atoms with E-state index >= 15 is 0 Å². The third-order valence-electron chi connectivity index (χ3n) is 2.28. The molecule has 0 aliphatic carbocycles. The average Bonchev–Trinajstić information content (AvgIpc) is 2.15. The second kappa shape index (κ2) is 4.75. The van der Waals surface area contributed by atoms with Crippen molar-refractivity contribution >= 4 is 5.78 Å². The van der Waals surface area contributed by atoms with Gasteiger partial charge in [-0.3, -0.25) is 9.78 Å². The lowest BCUT2D eigenvalue weighted by molar-refractivity contribution is -0.120. The first kappa shape index (κ1) is 9.90. The number of nitrogens with zero attached hydrogens (tertiary/aromatic N) is 1. The summed E-state index contributed by atoms with van der Waals surface area (Å²) in [5.41, 5.74) is 1.20. The molecule has 1 unspecified atom stereocenters. The van der Waals surface area contributed by atoms with Crippen molar-refractivity contribution in [2.45, 2.75) is 26.7 Å². The Morgan fingerprint density at radius 2 is 2.38 bits per heavy atom. The maximum absolute atomic E-state index is 10.9. The molecule has 0 saturated carbocycles. The molecule has 0 bridgehead atoms. The van der Waals surface area contributed by atoms with Crippen LogP contribution in [0.1, 0.15) is 25.8 Å². The van der Waals surface area contributed by atoms with Crippen molar-refractivity contribution in [3.05, 3.63) is 30.1 Å². The van der Waals surface area contributed by atoms with Gasteiger partial charge in [0.25, 0.3) is 0 Å². The van der Waals surface area contributed by atoms with Crippen LogP contribution in [0.5, 0.6) is 0 Å². The van der Waals surface area contributed by atoms with Crippen LogP contribution in [0, 0.1) is 5.92 Å². The van der Waals surface area contributed by atoms with Gasteiger partial charge >= 0.3 is 0 Å². The number of ketones is 1. The predicted octanol–water partition coefficient (Wildman–Crippen LogP) is 2.24. The zero-order chi connectivity index (χ0) is 9.68. The molecule has 1 rings (SSSR count). The number of hydrogen-bond acceptors (Lipinski definition) is 2. The number of carbonyl (C=O) groups excluding carboxylic acids is 1. The molecule has 0 amide bonds. The average molecular weight is 177 g/mol. The molecule has 0 aliphatic rings. The van der Waals surface area contributed by atoms with E-state index in [9.17, 15) is 4.79 Å². The lowest BCUT2D eigenvalue weighted by atomic mass is 9.99. The Hall–Kier alpha value is -1.18.